The highest BCUT2D eigenvalue weighted by molar-refractivity contribution is 7.81. The standard InChI is InChI=1S/C26H27F3N4O2S/c1-25(2)23(35)32(21-4-3-18(16-30)22(15-21)26(27,28)29)24(36)33(25)20-7-5-19(6-8-20)31-12-9-17(10-13-31)11-14-34/h3-8,15,17,34H,9-14H2,1-2H3. The van der Waals surface area contributed by atoms with Gasteiger partial charge in [-0.05, 0) is 93.7 Å². The molecule has 0 spiro atoms. The summed E-state index contributed by atoms with van der Waals surface area (Å²) in [6.45, 7) is 5.35. The van der Waals surface area contributed by atoms with Gasteiger partial charge in [-0.15, -0.1) is 0 Å². The predicted octanol–water partition coefficient (Wildman–Crippen LogP) is 5.09. The highest BCUT2D eigenvalue weighted by Crippen LogP contribution is 2.40. The summed E-state index contributed by atoms with van der Waals surface area (Å²) in [4.78, 5) is 18.4. The maximum absolute atomic E-state index is 13.5. The molecule has 2 aromatic rings. The molecule has 4 rings (SSSR count). The predicted molar refractivity (Wildman–Crippen MR) is 136 cm³/mol. The van der Waals surface area contributed by atoms with E-state index in [9.17, 15) is 18.0 Å². The van der Waals surface area contributed by atoms with Gasteiger partial charge in [0.05, 0.1) is 22.9 Å². The smallest absolute Gasteiger partial charge is 0.396 e. The van der Waals surface area contributed by atoms with E-state index >= 15 is 0 Å². The Hall–Kier alpha value is -3.16. The average molecular weight is 517 g/mol. The maximum Gasteiger partial charge on any atom is 0.417 e. The molecule has 2 aliphatic rings. The first-order valence-corrected chi connectivity index (χ1v) is 12.2. The summed E-state index contributed by atoms with van der Waals surface area (Å²) < 4.78 is 40.6. The van der Waals surface area contributed by atoms with Crippen molar-refractivity contribution in [3.8, 4) is 6.07 Å². The Kier molecular flexibility index (Phi) is 6.99. The summed E-state index contributed by atoms with van der Waals surface area (Å²) in [5, 5.41) is 18.3. The largest absolute Gasteiger partial charge is 0.417 e. The minimum Gasteiger partial charge on any atom is -0.396 e. The van der Waals surface area contributed by atoms with Crippen molar-refractivity contribution >= 4 is 40.3 Å². The van der Waals surface area contributed by atoms with Gasteiger partial charge in [0.25, 0.3) is 5.91 Å². The fraction of sp³-hybridized carbons (Fsp3) is 0.423. The van der Waals surface area contributed by atoms with Gasteiger partial charge >= 0.3 is 6.18 Å². The number of nitriles is 1. The molecule has 2 aliphatic heterocycles. The van der Waals surface area contributed by atoms with Crippen LogP contribution in [0.4, 0.5) is 30.2 Å². The third-order valence-corrected chi connectivity index (χ3v) is 7.35. The van der Waals surface area contributed by atoms with Gasteiger partial charge < -0.3 is 14.9 Å². The fourth-order valence-electron chi connectivity index (χ4n) is 4.93. The number of aliphatic hydroxyl groups is 1. The number of hydrogen-bond acceptors (Lipinski definition) is 5. The number of carbonyl (C=O) groups excluding carboxylic acids is 1. The lowest BCUT2D eigenvalue weighted by Gasteiger charge is -2.34. The minimum atomic E-state index is -4.75. The van der Waals surface area contributed by atoms with E-state index in [1.54, 1.807) is 24.8 Å². The van der Waals surface area contributed by atoms with Crippen molar-refractivity contribution in [2.24, 2.45) is 5.92 Å². The van der Waals surface area contributed by atoms with Gasteiger partial charge in [-0.3, -0.25) is 9.69 Å². The van der Waals surface area contributed by atoms with E-state index in [-0.39, 0.29) is 17.4 Å². The lowest BCUT2D eigenvalue weighted by Crippen LogP contribution is -2.44. The Balaban J connectivity index is 1.60. The number of rotatable bonds is 5. The summed E-state index contributed by atoms with van der Waals surface area (Å²) in [5.41, 5.74) is -1.10. The van der Waals surface area contributed by atoms with Gasteiger partial charge in [-0.2, -0.15) is 18.4 Å². The Bertz CT molecular complexity index is 1200. The number of benzene rings is 2. The number of nitrogens with zero attached hydrogens (tertiary/aromatic N) is 4. The molecule has 0 unspecified atom stereocenters. The van der Waals surface area contributed by atoms with Crippen LogP contribution in [0.15, 0.2) is 42.5 Å². The van der Waals surface area contributed by atoms with Gasteiger partial charge in [0.15, 0.2) is 5.11 Å². The van der Waals surface area contributed by atoms with Crippen LogP contribution in [0.1, 0.15) is 44.2 Å². The van der Waals surface area contributed by atoms with Gasteiger partial charge in [-0.25, -0.2) is 0 Å². The quantitative estimate of drug-likeness (QED) is 0.558. The van der Waals surface area contributed by atoms with E-state index < -0.39 is 28.7 Å². The Labute approximate surface area is 213 Å². The lowest BCUT2D eigenvalue weighted by atomic mass is 9.93. The first-order valence-electron chi connectivity index (χ1n) is 11.7. The highest BCUT2D eigenvalue weighted by atomic mass is 32.1. The van der Waals surface area contributed by atoms with Crippen LogP contribution in [-0.4, -0.2) is 41.4 Å². The fourth-order valence-corrected chi connectivity index (χ4v) is 5.46. The van der Waals surface area contributed by atoms with E-state index in [4.69, 9.17) is 22.6 Å². The van der Waals surface area contributed by atoms with Gasteiger partial charge in [0, 0.05) is 31.1 Å². The van der Waals surface area contributed by atoms with Crippen molar-refractivity contribution in [1.29, 1.82) is 5.26 Å². The minimum absolute atomic E-state index is 0.0331. The second-order valence-corrected chi connectivity index (χ2v) is 9.98. The molecule has 2 heterocycles. The average Bonchev–Trinajstić information content (AvgIpc) is 3.02. The molecule has 10 heteroatoms. The number of aliphatic hydroxyl groups excluding tert-OH is 1. The summed E-state index contributed by atoms with van der Waals surface area (Å²) in [6, 6.07) is 12.3. The normalized spacial score (nSPS) is 18.6. The van der Waals surface area contributed by atoms with Crippen molar-refractivity contribution in [3.63, 3.8) is 0 Å². The van der Waals surface area contributed by atoms with Gasteiger partial charge in [0.1, 0.15) is 5.54 Å². The number of carbonyl (C=O) groups is 1. The topological polar surface area (TPSA) is 70.8 Å². The van der Waals surface area contributed by atoms with Crippen LogP contribution in [0, 0.1) is 17.2 Å². The Morgan fingerprint density at radius 1 is 1.08 bits per heavy atom. The van der Waals surface area contributed by atoms with E-state index in [2.05, 4.69) is 4.90 Å². The molecule has 1 N–H and O–H groups in total. The first kappa shape index (κ1) is 25.9. The second-order valence-electron chi connectivity index (χ2n) is 9.62. The Morgan fingerprint density at radius 2 is 1.67 bits per heavy atom. The van der Waals surface area contributed by atoms with Crippen LogP contribution < -0.4 is 14.7 Å². The van der Waals surface area contributed by atoms with Crippen LogP contribution >= 0.6 is 12.2 Å². The third kappa shape index (κ3) is 4.65. The van der Waals surface area contributed by atoms with Gasteiger partial charge in [-0.1, -0.05) is 0 Å². The zero-order chi connectivity index (χ0) is 26.3. The molecule has 2 saturated heterocycles. The van der Waals surface area contributed by atoms with Crippen molar-refractivity contribution in [2.75, 3.05) is 34.4 Å². The SMILES string of the molecule is CC1(C)C(=O)N(c2ccc(C#N)c(C(F)(F)F)c2)C(=S)N1c1ccc(N2CCC(CCO)CC2)cc1. The van der Waals surface area contributed by atoms with Crippen LogP contribution in [0.5, 0.6) is 0 Å². The maximum atomic E-state index is 13.5. The summed E-state index contributed by atoms with van der Waals surface area (Å²) in [7, 11) is 0. The van der Waals surface area contributed by atoms with Crippen LogP contribution in [0.2, 0.25) is 0 Å². The summed E-state index contributed by atoms with van der Waals surface area (Å²) in [6.07, 6.45) is -1.90. The summed E-state index contributed by atoms with van der Waals surface area (Å²) >= 11 is 5.60. The zero-order valence-corrected chi connectivity index (χ0v) is 20.9. The summed E-state index contributed by atoms with van der Waals surface area (Å²) in [5.74, 6) is 0.0748. The molecule has 0 radical (unpaired) electrons. The van der Waals surface area contributed by atoms with E-state index in [1.807, 2.05) is 24.3 Å². The number of amides is 1. The molecule has 6 nitrogen and oxygen atoms in total. The molecule has 2 fully saturated rings. The molecule has 2 aromatic carbocycles. The van der Waals surface area contributed by atoms with E-state index in [0.29, 0.717) is 11.6 Å². The van der Waals surface area contributed by atoms with E-state index in [0.717, 1.165) is 55.1 Å². The van der Waals surface area contributed by atoms with Crippen LogP contribution in [0.25, 0.3) is 0 Å². The highest BCUT2D eigenvalue weighted by Gasteiger charge is 2.50. The van der Waals surface area contributed by atoms with Crippen molar-refractivity contribution in [1.82, 2.24) is 0 Å². The van der Waals surface area contributed by atoms with Gasteiger partial charge in [0.2, 0.25) is 0 Å². The number of hydrogen-bond donors (Lipinski definition) is 1. The molecular weight excluding hydrogens is 489 g/mol. The number of piperidine rings is 1. The molecule has 0 bridgehead atoms. The second kappa shape index (κ2) is 9.71. The number of thiocarbonyl (C=S) groups is 1. The van der Waals surface area contributed by atoms with Crippen LogP contribution in [-0.2, 0) is 11.0 Å². The third-order valence-electron chi connectivity index (χ3n) is 6.98. The molecule has 0 aromatic heterocycles. The van der Waals surface area contributed by atoms with Crippen LogP contribution in [0.3, 0.4) is 0 Å². The molecule has 36 heavy (non-hydrogen) atoms. The van der Waals surface area contributed by atoms with Crippen molar-refractivity contribution in [2.45, 2.75) is 44.8 Å². The van der Waals surface area contributed by atoms with Crippen molar-refractivity contribution < 1.29 is 23.1 Å². The molecule has 0 aliphatic carbocycles. The number of anilines is 3. The molecule has 0 saturated carbocycles. The molecule has 0 atom stereocenters. The Morgan fingerprint density at radius 3 is 2.22 bits per heavy atom. The number of alkyl halides is 3. The molecule has 1 amide bonds. The monoisotopic (exact) mass is 516 g/mol. The zero-order valence-electron chi connectivity index (χ0n) is 20.0. The molecular formula is C26H27F3N4O2S. The first-order chi connectivity index (χ1) is 17.0. The number of halogens is 3. The van der Waals surface area contributed by atoms with Crippen molar-refractivity contribution in [3.05, 3.63) is 53.6 Å². The van der Waals surface area contributed by atoms with E-state index in [1.165, 1.54) is 6.07 Å². The lowest BCUT2D eigenvalue weighted by molar-refractivity contribution is -0.137. The molecule has 190 valence electrons.